The zero-order valence-corrected chi connectivity index (χ0v) is 20.4. The minimum atomic E-state index is 0.0882. The van der Waals surface area contributed by atoms with Crippen LogP contribution in [0.15, 0.2) is 36.4 Å². The highest BCUT2D eigenvalue weighted by Gasteiger charge is 2.24. The largest absolute Gasteiger partial charge is 0.454 e. The number of carbonyl (C=O) groups excluding carboxylic acids is 1. The van der Waals surface area contributed by atoms with Gasteiger partial charge in [-0.3, -0.25) is 4.79 Å². The highest BCUT2D eigenvalue weighted by atomic mass is 16.7. The van der Waals surface area contributed by atoms with Gasteiger partial charge in [0, 0.05) is 17.7 Å². The molecule has 1 N–H and O–H groups in total. The molecule has 174 valence electrons. The fraction of sp³-hybridized carbons (Fsp3) is 0.536. The first-order valence-electron chi connectivity index (χ1n) is 12.2. The van der Waals surface area contributed by atoms with E-state index in [9.17, 15) is 4.79 Å². The summed E-state index contributed by atoms with van der Waals surface area (Å²) in [4.78, 5) is 13.1. The van der Waals surface area contributed by atoms with Crippen molar-refractivity contribution in [3.63, 3.8) is 0 Å². The first-order chi connectivity index (χ1) is 15.4. The Bertz CT molecular complexity index is 877. The molecule has 4 heteroatoms. The normalized spacial score (nSPS) is 13.6. The lowest BCUT2D eigenvalue weighted by Crippen LogP contribution is -2.16. The van der Waals surface area contributed by atoms with Crippen molar-refractivity contribution in [2.45, 2.75) is 90.9 Å². The van der Waals surface area contributed by atoms with Crippen molar-refractivity contribution >= 4 is 11.6 Å². The highest BCUT2D eigenvalue weighted by molar-refractivity contribution is 5.92. The molecule has 0 aromatic heterocycles. The summed E-state index contributed by atoms with van der Waals surface area (Å²) in [6.07, 6.45) is 5.89. The van der Waals surface area contributed by atoms with Crippen LogP contribution in [0.3, 0.4) is 0 Å². The maximum absolute atomic E-state index is 13.1. The first-order valence-corrected chi connectivity index (χ1v) is 12.2. The SMILES string of the molecule is CCCCCC(CCC(=O)Nc1c(C(C)C)cccc1C(C)C)c1cccc2c1OCO2. The maximum atomic E-state index is 13.1. The van der Waals surface area contributed by atoms with Crippen LogP contribution in [0, 0.1) is 0 Å². The Balaban J connectivity index is 1.75. The van der Waals surface area contributed by atoms with Crippen molar-refractivity contribution in [1.82, 2.24) is 0 Å². The number of anilines is 1. The number of hydrogen-bond donors (Lipinski definition) is 1. The average molecular weight is 438 g/mol. The number of hydrogen-bond acceptors (Lipinski definition) is 3. The summed E-state index contributed by atoms with van der Waals surface area (Å²) in [5.74, 6) is 2.77. The molecule has 0 saturated carbocycles. The van der Waals surface area contributed by atoms with Crippen LogP contribution < -0.4 is 14.8 Å². The third kappa shape index (κ3) is 5.85. The lowest BCUT2D eigenvalue weighted by Gasteiger charge is -2.22. The van der Waals surface area contributed by atoms with Crippen molar-refractivity contribution in [1.29, 1.82) is 0 Å². The molecule has 0 saturated heterocycles. The predicted octanol–water partition coefficient (Wildman–Crippen LogP) is 7.74. The molecule has 1 atom stereocenters. The highest BCUT2D eigenvalue weighted by Crippen LogP contribution is 2.42. The number of benzene rings is 2. The third-order valence-electron chi connectivity index (χ3n) is 6.38. The average Bonchev–Trinajstić information content (AvgIpc) is 3.25. The summed E-state index contributed by atoms with van der Waals surface area (Å²) in [7, 11) is 0. The van der Waals surface area contributed by atoms with Gasteiger partial charge in [0.15, 0.2) is 11.5 Å². The lowest BCUT2D eigenvalue weighted by molar-refractivity contribution is -0.116. The van der Waals surface area contributed by atoms with Gasteiger partial charge >= 0.3 is 0 Å². The summed E-state index contributed by atoms with van der Waals surface area (Å²) in [5, 5.41) is 3.27. The smallest absolute Gasteiger partial charge is 0.231 e. The second-order valence-electron chi connectivity index (χ2n) is 9.48. The zero-order chi connectivity index (χ0) is 23.1. The van der Waals surface area contributed by atoms with Crippen molar-refractivity contribution in [2.75, 3.05) is 12.1 Å². The molecule has 0 radical (unpaired) electrons. The molecule has 0 bridgehead atoms. The van der Waals surface area contributed by atoms with Crippen LogP contribution in [-0.4, -0.2) is 12.7 Å². The van der Waals surface area contributed by atoms with Crippen LogP contribution in [0.1, 0.15) is 108 Å². The molecule has 0 fully saturated rings. The molecule has 0 spiro atoms. The number of nitrogens with one attached hydrogen (secondary N) is 1. The van der Waals surface area contributed by atoms with E-state index in [2.05, 4.69) is 64.2 Å². The molecule has 1 aliphatic rings. The molecule has 2 aromatic rings. The van der Waals surface area contributed by atoms with Gasteiger partial charge in [-0.2, -0.15) is 0 Å². The number of ether oxygens (including phenoxy) is 2. The Hall–Kier alpha value is -2.49. The molecule has 1 aliphatic heterocycles. The van der Waals surface area contributed by atoms with E-state index in [0.717, 1.165) is 36.4 Å². The van der Waals surface area contributed by atoms with Crippen molar-refractivity contribution in [2.24, 2.45) is 0 Å². The van der Waals surface area contributed by atoms with E-state index < -0.39 is 0 Å². The summed E-state index contributed by atoms with van der Waals surface area (Å²) in [6.45, 7) is 11.2. The summed E-state index contributed by atoms with van der Waals surface area (Å²) >= 11 is 0. The molecule has 4 nitrogen and oxygen atoms in total. The van der Waals surface area contributed by atoms with E-state index in [1.54, 1.807) is 0 Å². The summed E-state index contributed by atoms with van der Waals surface area (Å²) < 4.78 is 11.4. The molecular weight excluding hydrogens is 398 g/mol. The second kappa shape index (κ2) is 11.4. The molecule has 3 rings (SSSR count). The molecule has 1 heterocycles. The quantitative estimate of drug-likeness (QED) is 0.366. The van der Waals surface area contributed by atoms with Crippen LogP contribution in [0.4, 0.5) is 5.69 Å². The lowest BCUT2D eigenvalue weighted by atomic mass is 9.88. The number of para-hydroxylation sites is 2. The van der Waals surface area contributed by atoms with Gasteiger partial charge in [0.25, 0.3) is 0 Å². The van der Waals surface area contributed by atoms with E-state index in [0.29, 0.717) is 18.3 Å². The Labute approximate surface area is 193 Å². The minimum Gasteiger partial charge on any atom is -0.454 e. The van der Waals surface area contributed by atoms with Crippen LogP contribution in [0.2, 0.25) is 0 Å². The van der Waals surface area contributed by atoms with Crippen LogP contribution >= 0.6 is 0 Å². The summed E-state index contributed by atoms with van der Waals surface area (Å²) in [6, 6.07) is 12.5. The van der Waals surface area contributed by atoms with Crippen LogP contribution in [0.25, 0.3) is 0 Å². The Morgan fingerprint density at radius 2 is 1.56 bits per heavy atom. The predicted molar refractivity (Wildman–Crippen MR) is 132 cm³/mol. The second-order valence-corrected chi connectivity index (χ2v) is 9.48. The molecule has 1 amide bonds. The van der Waals surface area contributed by atoms with Gasteiger partial charge in [-0.1, -0.05) is 84.2 Å². The topological polar surface area (TPSA) is 47.6 Å². The van der Waals surface area contributed by atoms with E-state index in [1.165, 1.54) is 29.5 Å². The summed E-state index contributed by atoms with van der Waals surface area (Å²) in [5.41, 5.74) is 4.59. The minimum absolute atomic E-state index is 0.0882. The Morgan fingerprint density at radius 1 is 0.906 bits per heavy atom. The van der Waals surface area contributed by atoms with Crippen molar-refractivity contribution < 1.29 is 14.3 Å². The third-order valence-corrected chi connectivity index (χ3v) is 6.38. The monoisotopic (exact) mass is 437 g/mol. The van der Waals surface area contributed by atoms with Crippen molar-refractivity contribution in [3.05, 3.63) is 53.1 Å². The van der Waals surface area contributed by atoms with Gasteiger partial charge in [-0.15, -0.1) is 0 Å². The van der Waals surface area contributed by atoms with E-state index >= 15 is 0 Å². The number of fused-ring (bicyclic) bond motifs is 1. The first kappa shape index (κ1) is 24.2. The molecule has 1 unspecified atom stereocenters. The number of amides is 1. The van der Waals surface area contributed by atoms with Gasteiger partial charge < -0.3 is 14.8 Å². The molecule has 2 aromatic carbocycles. The molecule has 0 aliphatic carbocycles. The van der Waals surface area contributed by atoms with Crippen molar-refractivity contribution in [3.8, 4) is 11.5 Å². The van der Waals surface area contributed by atoms with E-state index in [1.807, 2.05) is 12.1 Å². The van der Waals surface area contributed by atoms with Gasteiger partial charge in [0.2, 0.25) is 12.7 Å². The Kier molecular flexibility index (Phi) is 8.60. The fourth-order valence-electron chi connectivity index (χ4n) is 4.57. The van der Waals surface area contributed by atoms with Gasteiger partial charge in [-0.25, -0.2) is 0 Å². The number of carbonyl (C=O) groups is 1. The van der Waals surface area contributed by atoms with Crippen LogP contribution in [0.5, 0.6) is 11.5 Å². The van der Waals surface area contributed by atoms with E-state index in [4.69, 9.17) is 9.47 Å². The number of unbranched alkanes of at least 4 members (excludes halogenated alkanes) is 2. The number of rotatable bonds is 11. The van der Waals surface area contributed by atoms with E-state index in [-0.39, 0.29) is 18.6 Å². The standard InChI is InChI=1S/C28H39NO3/c1-6-7-8-11-21(24-14-10-15-25-28(24)32-18-31-25)16-17-26(30)29-27-22(19(2)3)12-9-13-23(27)20(4)5/h9-10,12-15,19-21H,6-8,11,16-18H2,1-5H3,(H,29,30). The Morgan fingerprint density at radius 3 is 2.22 bits per heavy atom. The fourth-order valence-corrected chi connectivity index (χ4v) is 4.57. The maximum Gasteiger partial charge on any atom is 0.231 e. The molecule has 32 heavy (non-hydrogen) atoms. The van der Waals surface area contributed by atoms with Crippen LogP contribution in [-0.2, 0) is 4.79 Å². The zero-order valence-electron chi connectivity index (χ0n) is 20.4. The molecular formula is C28H39NO3. The van der Waals surface area contributed by atoms with Gasteiger partial charge in [0.1, 0.15) is 0 Å². The van der Waals surface area contributed by atoms with Gasteiger partial charge in [0.05, 0.1) is 0 Å². The van der Waals surface area contributed by atoms with Gasteiger partial charge in [-0.05, 0) is 47.8 Å².